The lowest BCUT2D eigenvalue weighted by Crippen LogP contribution is -2.35. The highest BCUT2D eigenvalue weighted by atomic mass is 32.1. The predicted octanol–water partition coefficient (Wildman–Crippen LogP) is 6.25. The molecule has 4 nitrogen and oxygen atoms in total. The van der Waals surface area contributed by atoms with Crippen molar-refractivity contribution < 1.29 is 9.90 Å². The van der Waals surface area contributed by atoms with Gasteiger partial charge in [0.25, 0.3) is 0 Å². The van der Waals surface area contributed by atoms with Gasteiger partial charge >= 0.3 is 0 Å². The van der Waals surface area contributed by atoms with Crippen molar-refractivity contribution in [2.45, 2.75) is 25.8 Å². The first-order valence-corrected chi connectivity index (χ1v) is 11.8. The Labute approximate surface area is 195 Å². The molecule has 0 atom stereocenters. The first kappa shape index (κ1) is 20.7. The molecule has 2 N–H and O–H groups in total. The van der Waals surface area contributed by atoms with Gasteiger partial charge in [-0.2, -0.15) is 0 Å². The van der Waals surface area contributed by atoms with E-state index in [0.717, 1.165) is 27.3 Å². The first-order chi connectivity index (χ1) is 15.6. The van der Waals surface area contributed by atoms with Gasteiger partial charge in [-0.05, 0) is 52.5 Å². The number of carbonyl (C=O) groups excluding carboxylic acids is 1. The zero-order valence-corrected chi connectivity index (χ0v) is 19.0. The van der Waals surface area contributed by atoms with Crippen molar-refractivity contribution in [1.29, 1.82) is 0 Å². The lowest BCUT2D eigenvalue weighted by Gasteiger charge is -2.31. The molecular formula is C26H22N2O2S2. The van der Waals surface area contributed by atoms with E-state index >= 15 is 0 Å². The molecule has 3 aromatic carbocycles. The first-order valence-electron chi connectivity index (χ1n) is 10.5. The normalized spacial score (nSPS) is 13.2. The molecule has 0 saturated heterocycles. The number of fused-ring (bicyclic) bond motifs is 1. The van der Waals surface area contributed by atoms with Crippen LogP contribution in [0.3, 0.4) is 0 Å². The number of aromatic nitrogens is 1. The van der Waals surface area contributed by atoms with E-state index in [0.29, 0.717) is 29.8 Å². The Hall–Kier alpha value is -3.22. The Morgan fingerprint density at radius 3 is 2.41 bits per heavy atom. The van der Waals surface area contributed by atoms with Crippen LogP contribution < -0.4 is 4.90 Å². The molecule has 0 bridgehead atoms. The minimum atomic E-state index is 0.139. The predicted molar refractivity (Wildman–Crippen MR) is 132 cm³/mol. The SMILES string of the molecule is O=C1CCc2c(Cc3sc(=S)[nH]c3O)cccc2N1Cc1ccc(-c2ccccc2)cc1. The fourth-order valence-corrected chi connectivity index (χ4v) is 5.41. The van der Waals surface area contributed by atoms with Gasteiger partial charge in [0.05, 0.1) is 11.4 Å². The van der Waals surface area contributed by atoms with Crippen molar-refractivity contribution in [3.8, 4) is 17.0 Å². The molecule has 1 aromatic heterocycles. The van der Waals surface area contributed by atoms with E-state index in [2.05, 4.69) is 47.4 Å². The third-order valence-electron chi connectivity index (χ3n) is 5.88. The molecule has 0 aliphatic carbocycles. The topological polar surface area (TPSA) is 56.3 Å². The molecule has 0 fully saturated rings. The maximum absolute atomic E-state index is 12.8. The number of hydrogen-bond acceptors (Lipinski definition) is 4. The Balaban J connectivity index is 1.42. The molecule has 0 saturated carbocycles. The molecule has 1 aliphatic heterocycles. The van der Waals surface area contributed by atoms with Gasteiger partial charge < -0.3 is 15.0 Å². The quantitative estimate of drug-likeness (QED) is 0.348. The highest BCUT2D eigenvalue weighted by molar-refractivity contribution is 7.73. The van der Waals surface area contributed by atoms with Crippen molar-refractivity contribution in [2.24, 2.45) is 0 Å². The molecule has 6 heteroatoms. The molecular weight excluding hydrogens is 436 g/mol. The summed E-state index contributed by atoms with van der Waals surface area (Å²) in [4.78, 5) is 18.4. The number of anilines is 1. The van der Waals surface area contributed by atoms with Crippen molar-refractivity contribution in [3.05, 3.63) is 98.3 Å². The Kier molecular flexibility index (Phi) is 5.64. The molecule has 1 aliphatic rings. The van der Waals surface area contributed by atoms with Gasteiger partial charge in [0.2, 0.25) is 11.8 Å². The van der Waals surface area contributed by atoms with Crippen LogP contribution in [0.15, 0.2) is 72.8 Å². The summed E-state index contributed by atoms with van der Waals surface area (Å²) in [5, 5.41) is 10.1. The number of nitrogens with one attached hydrogen (secondary N) is 1. The zero-order chi connectivity index (χ0) is 22.1. The van der Waals surface area contributed by atoms with Crippen molar-refractivity contribution >= 4 is 35.1 Å². The third kappa shape index (κ3) is 4.11. The fraction of sp³-hybridized carbons (Fsp3) is 0.154. The summed E-state index contributed by atoms with van der Waals surface area (Å²) >= 11 is 6.55. The number of aromatic amines is 1. The van der Waals surface area contributed by atoms with Gasteiger partial charge in [-0.1, -0.05) is 66.7 Å². The zero-order valence-electron chi connectivity index (χ0n) is 17.4. The monoisotopic (exact) mass is 458 g/mol. The van der Waals surface area contributed by atoms with Crippen LogP contribution in [0.5, 0.6) is 5.88 Å². The minimum absolute atomic E-state index is 0.139. The van der Waals surface area contributed by atoms with E-state index in [1.54, 1.807) is 0 Å². The van der Waals surface area contributed by atoms with Crippen LogP contribution in [0, 0.1) is 3.95 Å². The number of amides is 1. The molecule has 160 valence electrons. The fourth-order valence-electron chi connectivity index (χ4n) is 4.26. The second-order valence-electron chi connectivity index (χ2n) is 7.92. The second kappa shape index (κ2) is 8.73. The van der Waals surface area contributed by atoms with E-state index in [4.69, 9.17) is 12.2 Å². The molecule has 1 amide bonds. The largest absolute Gasteiger partial charge is 0.494 e. The molecule has 4 aromatic rings. The van der Waals surface area contributed by atoms with Crippen LogP contribution in [0.1, 0.15) is 28.0 Å². The molecule has 32 heavy (non-hydrogen) atoms. The number of nitrogens with zero attached hydrogens (tertiary/aromatic N) is 1. The summed E-state index contributed by atoms with van der Waals surface area (Å²) in [6.45, 7) is 0.540. The second-order valence-corrected chi connectivity index (χ2v) is 9.69. The van der Waals surface area contributed by atoms with Gasteiger partial charge in [0, 0.05) is 18.5 Å². The highest BCUT2D eigenvalue weighted by Crippen LogP contribution is 2.35. The van der Waals surface area contributed by atoms with E-state index in [9.17, 15) is 9.90 Å². The summed E-state index contributed by atoms with van der Waals surface area (Å²) in [5.74, 6) is 0.279. The Morgan fingerprint density at radius 2 is 1.69 bits per heavy atom. The summed E-state index contributed by atoms with van der Waals surface area (Å²) < 4.78 is 0.568. The summed E-state index contributed by atoms with van der Waals surface area (Å²) in [6, 6.07) is 24.8. The van der Waals surface area contributed by atoms with Gasteiger partial charge in [0.15, 0.2) is 3.95 Å². The minimum Gasteiger partial charge on any atom is -0.494 e. The molecule has 0 radical (unpaired) electrons. The van der Waals surface area contributed by atoms with Crippen molar-refractivity contribution in [2.75, 3.05) is 4.90 Å². The lowest BCUT2D eigenvalue weighted by atomic mass is 9.93. The average Bonchev–Trinajstić information content (AvgIpc) is 3.13. The number of rotatable bonds is 5. The van der Waals surface area contributed by atoms with Crippen LogP contribution >= 0.6 is 23.6 Å². The standard InChI is InChI=1S/C26H22N2O2S2/c29-24-14-13-21-20(15-23-25(30)27-26(31)32-23)7-4-8-22(21)28(24)16-17-9-11-19(12-10-17)18-5-2-1-3-6-18/h1-12,30H,13-16H2,(H,27,31). The smallest absolute Gasteiger partial charge is 0.227 e. The summed E-state index contributed by atoms with van der Waals surface area (Å²) in [6.07, 6.45) is 1.80. The number of benzene rings is 3. The Morgan fingerprint density at radius 1 is 0.938 bits per heavy atom. The van der Waals surface area contributed by atoms with E-state index in [1.165, 1.54) is 22.5 Å². The van der Waals surface area contributed by atoms with E-state index in [1.807, 2.05) is 35.2 Å². The average molecular weight is 459 g/mol. The van der Waals surface area contributed by atoms with Gasteiger partial charge in [0.1, 0.15) is 0 Å². The van der Waals surface area contributed by atoms with Crippen LogP contribution in [-0.2, 0) is 24.2 Å². The van der Waals surface area contributed by atoms with Crippen LogP contribution in [-0.4, -0.2) is 16.0 Å². The maximum Gasteiger partial charge on any atom is 0.227 e. The molecule has 0 spiro atoms. The number of aromatic hydroxyl groups is 1. The van der Waals surface area contributed by atoms with E-state index < -0.39 is 0 Å². The highest BCUT2D eigenvalue weighted by Gasteiger charge is 2.26. The molecule has 5 rings (SSSR count). The van der Waals surface area contributed by atoms with Gasteiger partial charge in [-0.3, -0.25) is 4.79 Å². The molecule has 2 heterocycles. The van der Waals surface area contributed by atoms with E-state index in [-0.39, 0.29) is 11.8 Å². The van der Waals surface area contributed by atoms with Gasteiger partial charge in [-0.15, -0.1) is 11.3 Å². The van der Waals surface area contributed by atoms with Crippen LogP contribution in [0.2, 0.25) is 0 Å². The summed E-state index contributed by atoms with van der Waals surface area (Å²) in [7, 11) is 0. The van der Waals surface area contributed by atoms with Crippen LogP contribution in [0.25, 0.3) is 11.1 Å². The number of H-pyrrole nitrogens is 1. The number of carbonyl (C=O) groups is 1. The van der Waals surface area contributed by atoms with Gasteiger partial charge in [-0.25, -0.2) is 0 Å². The third-order valence-corrected chi connectivity index (χ3v) is 7.11. The number of thiazole rings is 1. The Bertz CT molecular complexity index is 1320. The molecule has 0 unspecified atom stereocenters. The number of hydrogen-bond donors (Lipinski definition) is 2. The lowest BCUT2D eigenvalue weighted by molar-refractivity contribution is -0.119. The van der Waals surface area contributed by atoms with Crippen LogP contribution in [0.4, 0.5) is 5.69 Å². The van der Waals surface area contributed by atoms with Crippen molar-refractivity contribution in [3.63, 3.8) is 0 Å². The van der Waals surface area contributed by atoms with Crippen molar-refractivity contribution in [1.82, 2.24) is 4.98 Å². The maximum atomic E-state index is 12.8. The summed E-state index contributed by atoms with van der Waals surface area (Å²) in [5.41, 5.74) is 6.70.